The minimum atomic E-state index is -3.71. The van der Waals surface area contributed by atoms with Crippen molar-refractivity contribution in [3.8, 4) is 11.5 Å². The van der Waals surface area contributed by atoms with E-state index in [1.54, 1.807) is 33.8 Å². The van der Waals surface area contributed by atoms with Crippen LogP contribution in [0.3, 0.4) is 0 Å². The Morgan fingerprint density at radius 2 is 1.79 bits per heavy atom. The highest BCUT2D eigenvalue weighted by molar-refractivity contribution is 7.89. The van der Waals surface area contributed by atoms with Crippen LogP contribution < -0.4 is 14.8 Å². The fraction of sp³-hybridized carbons (Fsp3) is 0.318. The third-order valence-corrected chi connectivity index (χ3v) is 7.40. The van der Waals surface area contributed by atoms with Crippen LogP contribution in [0.5, 0.6) is 11.5 Å². The normalized spacial score (nSPS) is 13.0. The second-order valence-corrected chi connectivity index (χ2v) is 9.28. The molecule has 1 N–H and O–H groups in total. The molecule has 2 aromatic carbocycles. The maximum Gasteiger partial charge on any atom is 0.280 e. The lowest BCUT2D eigenvalue weighted by atomic mass is 10.1. The smallest absolute Gasteiger partial charge is 0.280 e. The number of carbonyl (C=O) groups excluding carboxylic acids is 1. The van der Waals surface area contributed by atoms with Crippen molar-refractivity contribution in [1.29, 1.82) is 0 Å². The van der Waals surface area contributed by atoms with E-state index in [0.29, 0.717) is 35.7 Å². The van der Waals surface area contributed by atoms with E-state index in [2.05, 4.69) is 5.32 Å². The number of hydrogen-bond donors (Lipinski definition) is 1. The largest absolute Gasteiger partial charge is 0.454 e. The Kier molecular flexibility index (Phi) is 7.04. The first kappa shape index (κ1) is 24.2. The van der Waals surface area contributed by atoms with Gasteiger partial charge in [0.15, 0.2) is 11.5 Å². The molecular formula is C22H25N3O7S. The van der Waals surface area contributed by atoms with E-state index in [-0.39, 0.29) is 28.7 Å². The average Bonchev–Trinajstić information content (AvgIpc) is 3.22. The quantitative estimate of drug-likeness (QED) is 0.351. The molecule has 0 aromatic heterocycles. The first-order chi connectivity index (χ1) is 15.6. The van der Waals surface area contributed by atoms with Gasteiger partial charge in [-0.3, -0.25) is 14.9 Å². The number of anilines is 1. The number of rotatable bonds is 8. The van der Waals surface area contributed by atoms with Gasteiger partial charge in [0.25, 0.3) is 5.69 Å². The zero-order valence-corrected chi connectivity index (χ0v) is 19.6. The second kappa shape index (κ2) is 9.59. The predicted molar refractivity (Wildman–Crippen MR) is 123 cm³/mol. The number of sulfonamides is 1. The Labute approximate surface area is 192 Å². The highest BCUT2D eigenvalue weighted by atomic mass is 32.2. The standard InChI is InChI=1S/C22H25N3O7S/c1-5-24(6-2)33(29,30)17-9-14(3)15(4)18(11-17)23-22(26)8-7-16-10-20-21(32-13-31-20)12-19(16)25(27)28/h7-12H,5-6,13H2,1-4H3,(H,23,26)/b8-7+. The summed E-state index contributed by atoms with van der Waals surface area (Å²) in [4.78, 5) is 23.5. The SMILES string of the molecule is CCN(CC)S(=O)(=O)c1cc(C)c(C)c(NC(=O)/C=C/c2cc3c(cc2[N+](=O)[O-])OCO3)c1. The number of nitrogens with one attached hydrogen (secondary N) is 1. The number of ether oxygens (including phenoxy) is 2. The van der Waals surface area contributed by atoms with Gasteiger partial charge in [-0.25, -0.2) is 8.42 Å². The van der Waals surface area contributed by atoms with E-state index >= 15 is 0 Å². The molecule has 0 saturated carbocycles. The Balaban J connectivity index is 1.89. The molecule has 0 unspecified atom stereocenters. The van der Waals surface area contributed by atoms with Gasteiger partial charge in [0, 0.05) is 24.9 Å². The molecule has 1 amide bonds. The maximum absolute atomic E-state index is 12.9. The van der Waals surface area contributed by atoms with Crippen LogP contribution in [0.1, 0.15) is 30.5 Å². The molecule has 0 saturated heterocycles. The first-order valence-electron chi connectivity index (χ1n) is 10.3. The van der Waals surface area contributed by atoms with E-state index < -0.39 is 20.9 Å². The minimum absolute atomic E-state index is 0.0362. The monoisotopic (exact) mass is 475 g/mol. The Morgan fingerprint density at radius 3 is 2.39 bits per heavy atom. The molecule has 0 radical (unpaired) electrons. The van der Waals surface area contributed by atoms with E-state index in [0.717, 1.165) is 6.08 Å². The van der Waals surface area contributed by atoms with Crippen LogP contribution in [0.4, 0.5) is 11.4 Å². The zero-order chi connectivity index (χ0) is 24.3. The molecule has 2 aromatic rings. The first-order valence-corrected chi connectivity index (χ1v) is 11.7. The van der Waals surface area contributed by atoms with Gasteiger partial charge < -0.3 is 14.8 Å². The number of amides is 1. The molecule has 0 bridgehead atoms. The summed E-state index contributed by atoms with van der Waals surface area (Å²) < 4.78 is 37.6. The summed E-state index contributed by atoms with van der Waals surface area (Å²) in [5, 5.41) is 14.1. The summed E-state index contributed by atoms with van der Waals surface area (Å²) in [7, 11) is -3.71. The van der Waals surface area contributed by atoms with Crippen molar-refractivity contribution in [2.75, 3.05) is 25.2 Å². The number of hydrogen-bond acceptors (Lipinski definition) is 7. The lowest BCUT2D eigenvalue weighted by molar-refractivity contribution is -0.385. The van der Waals surface area contributed by atoms with E-state index in [1.807, 2.05) is 0 Å². The number of nitrogens with zero attached hydrogens (tertiary/aromatic N) is 2. The van der Waals surface area contributed by atoms with Crippen LogP contribution >= 0.6 is 0 Å². The van der Waals surface area contributed by atoms with Crippen LogP contribution in [0.15, 0.2) is 35.2 Å². The van der Waals surface area contributed by atoms with Crippen molar-refractivity contribution in [2.45, 2.75) is 32.6 Å². The van der Waals surface area contributed by atoms with E-state index in [9.17, 15) is 23.3 Å². The third-order valence-electron chi connectivity index (χ3n) is 5.37. The zero-order valence-electron chi connectivity index (χ0n) is 18.7. The van der Waals surface area contributed by atoms with Crippen LogP contribution in [-0.4, -0.2) is 43.4 Å². The van der Waals surface area contributed by atoms with Crippen molar-refractivity contribution in [3.05, 3.63) is 57.1 Å². The molecule has 11 heteroatoms. The molecule has 0 aliphatic carbocycles. The molecule has 1 aliphatic heterocycles. The Morgan fingerprint density at radius 1 is 1.15 bits per heavy atom. The molecule has 33 heavy (non-hydrogen) atoms. The van der Waals surface area contributed by atoms with Gasteiger partial charge in [-0.2, -0.15) is 4.31 Å². The summed E-state index contributed by atoms with van der Waals surface area (Å²) in [5.41, 5.74) is 1.70. The van der Waals surface area contributed by atoms with Crippen molar-refractivity contribution in [2.24, 2.45) is 0 Å². The van der Waals surface area contributed by atoms with Gasteiger partial charge in [0.2, 0.25) is 22.7 Å². The van der Waals surface area contributed by atoms with Crippen LogP contribution in [0, 0.1) is 24.0 Å². The molecule has 176 valence electrons. The van der Waals surface area contributed by atoms with Crippen LogP contribution in [0.25, 0.3) is 6.08 Å². The van der Waals surface area contributed by atoms with Gasteiger partial charge in [0.1, 0.15) is 0 Å². The fourth-order valence-corrected chi connectivity index (χ4v) is 4.97. The maximum atomic E-state index is 12.9. The molecule has 0 spiro atoms. The van der Waals surface area contributed by atoms with E-state index in [4.69, 9.17) is 9.47 Å². The molecular weight excluding hydrogens is 450 g/mol. The minimum Gasteiger partial charge on any atom is -0.454 e. The summed E-state index contributed by atoms with van der Waals surface area (Å²) in [6.07, 6.45) is 2.44. The van der Waals surface area contributed by atoms with Crippen molar-refractivity contribution >= 4 is 33.4 Å². The lowest BCUT2D eigenvalue weighted by Gasteiger charge is -2.20. The second-order valence-electron chi connectivity index (χ2n) is 7.35. The molecule has 1 aliphatic rings. The fourth-order valence-electron chi connectivity index (χ4n) is 3.40. The Hall–Kier alpha value is -3.44. The topological polar surface area (TPSA) is 128 Å². The number of nitro benzene ring substituents is 1. The lowest BCUT2D eigenvalue weighted by Crippen LogP contribution is -2.30. The third kappa shape index (κ3) is 4.99. The van der Waals surface area contributed by atoms with Gasteiger partial charge in [-0.05, 0) is 49.2 Å². The number of carbonyl (C=O) groups is 1. The number of fused-ring (bicyclic) bond motifs is 1. The highest BCUT2D eigenvalue weighted by Crippen LogP contribution is 2.38. The van der Waals surface area contributed by atoms with Gasteiger partial charge in [0.05, 0.1) is 21.4 Å². The van der Waals surface area contributed by atoms with Crippen molar-refractivity contribution in [3.63, 3.8) is 0 Å². The summed E-state index contributed by atoms with van der Waals surface area (Å²) in [5.74, 6) is 0.0453. The van der Waals surface area contributed by atoms with Crippen LogP contribution in [0.2, 0.25) is 0 Å². The van der Waals surface area contributed by atoms with Crippen molar-refractivity contribution < 1.29 is 27.6 Å². The number of nitro groups is 1. The van der Waals surface area contributed by atoms with Gasteiger partial charge >= 0.3 is 0 Å². The number of benzene rings is 2. The summed E-state index contributed by atoms with van der Waals surface area (Å²) in [6, 6.07) is 5.67. The van der Waals surface area contributed by atoms with Gasteiger partial charge in [-0.15, -0.1) is 0 Å². The van der Waals surface area contributed by atoms with Gasteiger partial charge in [-0.1, -0.05) is 13.8 Å². The predicted octanol–water partition coefficient (Wildman–Crippen LogP) is 3.62. The Bertz CT molecular complexity index is 1240. The summed E-state index contributed by atoms with van der Waals surface area (Å²) in [6.45, 7) is 7.65. The summed E-state index contributed by atoms with van der Waals surface area (Å²) >= 11 is 0. The molecule has 0 fully saturated rings. The van der Waals surface area contributed by atoms with Crippen LogP contribution in [-0.2, 0) is 14.8 Å². The average molecular weight is 476 g/mol. The van der Waals surface area contributed by atoms with E-state index in [1.165, 1.54) is 28.6 Å². The van der Waals surface area contributed by atoms with Crippen molar-refractivity contribution in [1.82, 2.24) is 4.31 Å². The molecule has 1 heterocycles. The highest BCUT2D eigenvalue weighted by Gasteiger charge is 2.24. The molecule has 10 nitrogen and oxygen atoms in total. The number of aryl methyl sites for hydroxylation is 1. The molecule has 0 atom stereocenters. The molecule has 3 rings (SSSR count).